The number of benzene rings is 1. The molecule has 1 aromatic rings. The molecule has 1 amide bonds. The predicted octanol–water partition coefficient (Wildman–Crippen LogP) is 2.40. The molecule has 0 aromatic heterocycles. The number of hydrogen-bond acceptors (Lipinski definition) is 3. The molecule has 2 atom stereocenters. The van der Waals surface area contributed by atoms with Crippen molar-refractivity contribution in [2.75, 3.05) is 18.4 Å². The van der Waals surface area contributed by atoms with Crippen LogP contribution in [0.1, 0.15) is 43.0 Å². The van der Waals surface area contributed by atoms with Gasteiger partial charge in [0.1, 0.15) is 0 Å². The van der Waals surface area contributed by atoms with Gasteiger partial charge in [0.2, 0.25) is 0 Å². The lowest BCUT2D eigenvalue weighted by atomic mass is 10.1. The molecule has 3 N–H and O–H groups in total. The Morgan fingerprint density at radius 1 is 1.35 bits per heavy atom. The first-order valence-corrected chi connectivity index (χ1v) is 7.50. The zero-order chi connectivity index (χ0) is 14.4. The maximum atomic E-state index is 12.3. The van der Waals surface area contributed by atoms with E-state index in [4.69, 9.17) is 0 Å². The van der Waals surface area contributed by atoms with E-state index in [0.29, 0.717) is 18.0 Å². The molecule has 0 saturated heterocycles. The van der Waals surface area contributed by atoms with Gasteiger partial charge in [-0.2, -0.15) is 0 Å². The number of amides is 1. The summed E-state index contributed by atoms with van der Waals surface area (Å²) >= 11 is 0. The minimum atomic E-state index is -0.185. The molecule has 110 valence electrons. The van der Waals surface area contributed by atoms with Gasteiger partial charge in [0.15, 0.2) is 0 Å². The van der Waals surface area contributed by atoms with Crippen LogP contribution in [0.25, 0.3) is 0 Å². The number of anilines is 1. The van der Waals surface area contributed by atoms with Crippen LogP contribution >= 0.6 is 0 Å². The molecule has 4 nitrogen and oxygen atoms in total. The van der Waals surface area contributed by atoms with Crippen LogP contribution in [0.2, 0.25) is 0 Å². The van der Waals surface area contributed by atoms with Crippen LogP contribution in [0, 0.1) is 5.92 Å². The third kappa shape index (κ3) is 3.97. The Morgan fingerprint density at radius 3 is 2.85 bits per heavy atom. The lowest BCUT2D eigenvalue weighted by molar-refractivity contribution is 0.0946. The molecule has 1 aromatic carbocycles. The van der Waals surface area contributed by atoms with E-state index in [1.807, 2.05) is 24.3 Å². The number of aliphatic hydroxyl groups is 1. The van der Waals surface area contributed by atoms with Crippen LogP contribution in [-0.2, 0) is 0 Å². The van der Waals surface area contributed by atoms with E-state index in [1.165, 1.54) is 0 Å². The second-order valence-corrected chi connectivity index (χ2v) is 5.52. The number of nitrogens with one attached hydrogen (secondary N) is 2. The highest BCUT2D eigenvalue weighted by atomic mass is 16.3. The molecule has 20 heavy (non-hydrogen) atoms. The van der Waals surface area contributed by atoms with Crippen molar-refractivity contribution in [1.29, 1.82) is 0 Å². The molecule has 0 spiro atoms. The summed E-state index contributed by atoms with van der Waals surface area (Å²) in [6.45, 7) is 3.61. The van der Waals surface area contributed by atoms with E-state index >= 15 is 0 Å². The van der Waals surface area contributed by atoms with E-state index in [9.17, 15) is 9.90 Å². The molecule has 1 aliphatic rings. The van der Waals surface area contributed by atoms with E-state index in [0.717, 1.165) is 37.9 Å². The van der Waals surface area contributed by atoms with Gasteiger partial charge in [-0.3, -0.25) is 4.79 Å². The van der Waals surface area contributed by atoms with Crippen molar-refractivity contribution in [3.05, 3.63) is 29.8 Å². The van der Waals surface area contributed by atoms with Gasteiger partial charge in [0.25, 0.3) is 5.91 Å². The average molecular weight is 276 g/mol. The van der Waals surface area contributed by atoms with Crippen LogP contribution in [0.15, 0.2) is 24.3 Å². The van der Waals surface area contributed by atoms with Crippen molar-refractivity contribution in [3.8, 4) is 0 Å². The van der Waals surface area contributed by atoms with Crippen molar-refractivity contribution in [1.82, 2.24) is 5.32 Å². The normalized spacial score (nSPS) is 21.7. The van der Waals surface area contributed by atoms with Crippen LogP contribution in [0.5, 0.6) is 0 Å². The highest BCUT2D eigenvalue weighted by Crippen LogP contribution is 2.24. The van der Waals surface area contributed by atoms with Crippen LogP contribution in [0.4, 0.5) is 5.69 Å². The molecule has 1 fully saturated rings. The van der Waals surface area contributed by atoms with Crippen molar-refractivity contribution in [2.24, 2.45) is 5.92 Å². The summed E-state index contributed by atoms with van der Waals surface area (Å²) < 4.78 is 0. The van der Waals surface area contributed by atoms with Crippen molar-refractivity contribution in [3.63, 3.8) is 0 Å². The fraction of sp³-hybridized carbons (Fsp3) is 0.562. The molecular weight excluding hydrogens is 252 g/mol. The summed E-state index contributed by atoms with van der Waals surface area (Å²) in [7, 11) is 0. The molecule has 1 saturated carbocycles. The monoisotopic (exact) mass is 276 g/mol. The molecule has 0 bridgehead atoms. The maximum Gasteiger partial charge on any atom is 0.253 e. The molecule has 0 radical (unpaired) electrons. The third-order valence-corrected chi connectivity index (χ3v) is 3.80. The zero-order valence-electron chi connectivity index (χ0n) is 12.1. The second kappa shape index (κ2) is 7.29. The Hall–Kier alpha value is -1.55. The predicted molar refractivity (Wildman–Crippen MR) is 80.9 cm³/mol. The van der Waals surface area contributed by atoms with E-state index in [2.05, 4.69) is 17.6 Å². The molecule has 2 unspecified atom stereocenters. The van der Waals surface area contributed by atoms with Crippen molar-refractivity contribution >= 4 is 11.6 Å². The fourth-order valence-electron chi connectivity index (χ4n) is 2.66. The minimum absolute atomic E-state index is 0.0365. The molecule has 0 heterocycles. The molecular formula is C16H24N2O2. The Balaban J connectivity index is 1.91. The van der Waals surface area contributed by atoms with Gasteiger partial charge < -0.3 is 15.7 Å². The first kappa shape index (κ1) is 14.9. The quantitative estimate of drug-likeness (QED) is 0.747. The molecule has 4 heteroatoms. The molecule has 1 aliphatic carbocycles. The summed E-state index contributed by atoms with van der Waals surface area (Å²) in [5.74, 6) is 0.371. The number of aliphatic hydroxyl groups excluding tert-OH is 1. The minimum Gasteiger partial charge on any atom is -0.393 e. The highest BCUT2D eigenvalue weighted by Gasteiger charge is 2.23. The summed E-state index contributed by atoms with van der Waals surface area (Å²) in [6, 6.07) is 7.59. The Bertz CT molecular complexity index is 448. The van der Waals surface area contributed by atoms with Crippen LogP contribution < -0.4 is 10.6 Å². The lowest BCUT2D eigenvalue weighted by Gasteiger charge is -2.14. The van der Waals surface area contributed by atoms with E-state index < -0.39 is 0 Å². The van der Waals surface area contributed by atoms with Gasteiger partial charge in [-0.15, -0.1) is 0 Å². The smallest absolute Gasteiger partial charge is 0.253 e. The summed E-state index contributed by atoms with van der Waals surface area (Å²) in [4.78, 5) is 12.3. The van der Waals surface area contributed by atoms with Gasteiger partial charge in [0, 0.05) is 18.8 Å². The maximum absolute atomic E-state index is 12.3. The van der Waals surface area contributed by atoms with Crippen LogP contribution in [-0.4, -0.2) is 30.2 Å². The lowest BCUT2D eigenvalue weighted by Crippen LogP contribution is -2.29. The Labute approximate surface area is 120 Å². The largest absolute Gasteiger partial charge is 0.393 e. The number of carbonyl (C=O) groups excluding carboxylic acids is 1. The second-order valence-electron chi connectivity index (χ2n) is 5.52. The summed E-state index contributed by atoms with van der Waals surface area (Å²) in [5, 5.41) is 15.8. The number of hydrogen-bond donors (Lipinski definition) is 3. The number of rotatable bonds is 6. The van der Waals surface area contributed by atoms with Crippen molar-refractivity contribution < 1.29 is 9.90 Å². The van der Waals surface area contributed by atoms with Crippen molar-refractivity contribution in [2.45, 2.75) is 38.7 Å². The Morgan fingerprint density at radius 2 is 2.15 bits per heavy atom. The summed E-state index contributed by atoms with van der Waals surface area (Å²) in [6.07, 6.45) is 3.49. The summed E-state index contributed by atoms with van der Waals surface area (Å²) in [5.41, 5.74) is 1.58. The number of carbonyl (C=O) groups is 1. The van der Waals surface area contributed by atoms with Gasteiger partial charge in [0.05, 0.1) is 11.7 Å². The highest BCUT2D eigenvalue weighted by molar-refractivity contribution is 5.99. The van der Waals surface area contributed by atoms with Gasteiger partial charge in [-0.05, 0) is 43.7 Å². The first-order chi connectivity index (χ1) is 9.70. The topological polar surface area (TPSA) is 61.4 Å². The molecule has 0 aliphatic heterocycles. The Kier molecular flexibility index (Phi) is 5.41. The van der Waals surface area contributed by atoms with E-state index in [-0.39, 0.29) is 12.0 Å². The van der Waals surface area contributed by atoms with Crippen LogP contribution in [0.3, 0.4) is 0 Å². The van der Waals surface area contributed by atoms with Gasteiger partial charge in [-0.1, -0.05) is 19.1 Å². The zero-order valence-corrected chi connectivity index (χ0v) is 12.1. The average Bonchev–Trinajstić information content (AvgIpc) is 2.88. The fourth-order valence-corrected chi connectivity index (χ4v) is 2.66. The first-order valence-electron chi connectivity index (χ1n) is 7.50. The standard InChI is InChI=1S/C16H24N2O2/c1-2-9-17-15-6-4-3-5-14(15)16(20)18-11-12-7-8-13(19)10-12/h3-6,12-13,17,19H,2,7-11H2,1H3,(H,18,20). The molecule has 2 rings (SSSR count). The van der Waals surface area contributed by atoms with Gasteiger partial charge in [-0.25, -0.2) is 0 Å². The number of para-hydroxylation sites is 1. The third-order valence-electron chi connectivity index (χ3n) is 3.80. The SMILES string of the molecule is CCCNc1ccccc1C(=O)NCC1CCC(O)C1. The van der Waals surface area contributed by atoms with Gasteiger partial charge >= 0.3 is 0 Å². The van der Waals surface area contributed by atoms with E-state index in [1.54, 1.807) is 0 Å².